The molecule has 6 heteroatoms. The van der Waals surface area contributed by atoms with E-state index in [4.69, 9.17) is 0 Å². The highest BCUT2D eigenvalue weighted by Crippen LogP contribution is 2.24. The van der Waals surface area contributed by atoms with Crippen molar-refractivity contribution in [2.75, 3.05) is 30.9 Å². The molecule has 0 aromatic carbocycles. The highest BCUT2D eigenvalue weighted by molar-refractivity contribution is 8.00. The first-order chi connectivity index (χ1) is 8.74. The SMILES string of the molecule is CCC1CN(c2cnc(C(=O)OC)cn2)CCS1. The molecule has 18 heavy (non-hydrogen) atoms. The number of anilines is 1. The lowest BCUT2D eigenvalue weighted by atomic mass is 10.3. The molecule has 1 unspecified atom stereocenters. The number of hydrogen-bond acceptors (Lipinski definition) is 6. The number of esters is 1. The Balaban J connectivity index is 2.07. The van der Waals surface area contributed by atoms with E-state index in [1.54, 1.807) is 6.20 Å². The predicted molar refractivity (Wildman–Crippen MR) is 72.1 cm³/mol. The predicted octanol–water partition coefficient (Wildman–Crippen LogP) is 1.59. The molecular formula is C12H17N3O2S. The van der Waals surface area contributed by atoms with Crippen molar-refractivity contribution in [2.45, 2.75) is 18.6 Å². The summed E-state index contributed by atoms with van der Waals surface area (Å²) in [5.41, 5.74) is 0.250. The zero-order valence-corrected chi connectivity index (χ0v) is 11.4. The van der Waals surface area contributed by atoms with Gasteiger partial charge in [-0.15, -0.1) is 0 Å². The molecule has 0 aliphatic carbocycles. The van der Waals surface area contributed by atoms with Gasteiger partial charge in [0, 0.05) is 24.1 Å². The maximum Gasteiger partial charge on any atom is 0.358 e. The zero-order valence-electron chi connectivity index (χ0n) is 10.6. The van der Waals surface area contributed by atoms with E-state index in [0.717, 1.165) is 31.1 Å². The number of carbonyl (C=O) groups excluding carboxylic acids is 1. The molecule has 0 radical (unpaired) electrons. The quantitative estimate of drug-likeness (QED) is 0.775. The minimum absolute atomic E-state index is 0.250. The molecule has 1 aliphatic rings. The van der Waals surface area contributed by atoms with Crippen molar-refractivity contribution in [3.8, 4) is 0 Å². The number of carbonyl (C=O) groups is 1. The molecule has 1 atom stereocenters. The van der Waals surface area contributed by atoms with E-state index >= 15 is 0 Å². The van der Waals surface area contributed by atoms with Gasteiger partial charge in [-0.1, -0.05) is 6.92 Å². The van der Waals surface area contributed by atoms with Crippen molar-refractivity contribution in [2.24, 2.45) is 0 Å². The third kappa shape index (κ3) is 2.93. The molecule has 1 aromatic rings. The monoisotopic (exact) mass is 267 g/mol. The average molecular weight is 267 g/mol. The van der Waals surface area contributed by atoms with Gasteiger partial charge in [0.05, 0.1) is 19.5 Å². The van der Waals surface area contributed by atoms with E-state index in [1.165, 1.54) is 13.3 Å². The molecular weight excluding hydrogens is 250 g/mol. The van der Waals surface area contributed by atoms with Crippen molar-refractivity contribution < 1.29 is 9.53 Å². The summed E-state index contributed by atoms with van der Waals surface area (Å²) in [6.45, 7) is 4.17. The van der Waals surface area contributed by atoms with Gasteiger partial charge in [-0.05, 0) is 6.42 Å². The van der Waals surface area contributed by atoms with Gasteiger partial charge in [0.2, 0.25) is 0 Å². The summed E-state index contributed by atoms with van der Waals surface area (Å²) in [4.78, 5) is 21.9. The van der Waals surface area contributed by atoms with Gasteiger partial charge in [0.1, 0.15) is 5.82 Å². The number of nitrogens with zero attached hydrogens (tertiary/aromatic N) is 3. The second kappa shape index (κ2) is 6.04. The largest absolute Gasteiger partial charge is 0.464 e. The van der Waals surface area contributed by atoms with E-state index in [2.05, 4.69) is 26.5 Å². The van der Waals surface area contributed by atoms with Crippen LogP contribution < -0.4 is 4.90 Å². The number of ether oxygens (including phenoxy) is 1. The molecule has 0 bridgehead atoms. The van der Waals surface area contributed by atoms with Gasteiger partial charge >= 0.3 is 5.97 Å². The second-order valence-electron chi connectivity index (χ2n) is 4.10. The second-order valence-corrected chi connectivity index (χ2v) is 5.51. The summed E-state index contributed by atoms with van der Waals surface area (Å²) in [7, 11) is 1.34. The van der Waals surface area contributed by atoms with Gasteiger partial charge < -0.3 is 9.64 Å². The first kappa shape index (κ1) is 13.1. The van der Waals surface area contributed by atoms with E-state index in [9.17, 15) is 4.79 Å². The van der Waals surface area contributed by atoms with Crippen molar-refractivity contribution in [1.29, 1.82) is 0 Å². The normalized spacial score (nSPS) is 19.7. The fraction of sp³-hybridized carbons (Fsp3) is 0.583. The lowest BCUT2D eigenvalue weighted by molar-refractivity contribution is 0.0593. The minimum atomic E-state index is -0.449. The molecule has 1 fully saturated rings. The molecule has 0 amide bonds. The fourth-order valence-electron chi connectivity index (χ4n) is 1.87. The third-order valence-electron chi connectivity index (χ3n) is 2.95. The lowest BCUT2D eigenvalue weighted by Gasteiger charge is -2.32. The van der Waals surface area contributed by atoms with E-state index < -0.39 is 5.97 Å². The van der Waals surface area contributed by atoms with Gasteiger partial charge in [-0.25, -0.2) is 14.8 Å². The highest BCUT2D eigenvalue weighted by Gasteiger charge is 2.20. The molecule has 5 nitrogen and oxygen atoms in total. The number of aromatic nitrogens is 2. The molecule has 98 valence electrons. The molecule has 1 saturated heterocycles. The van der Waals surface area contributed by atoms with Crippen LogP contribution in [-0.4, -0.2) is 47.1 Å². The Kier molecular flexibility index (Phi) is 4.41. The minimum Gasteiger partial charge on any atom is -0.464 e. The van der Waals surface area contributed by atoms with Crippen LogP contribution in [0.1, 0.15) is 23.8 Å². The number of hydrogen-bond donors (Lipinski definition) is 0. The molecule has 2 rings (SSSR count). The van der Waals surface area contributed by atoms with Crippen LogP contribution in [0.4, 0.5) is 5.82 Å². The van der Waals surface area contributed by atoms with Crippen molar-refractivity contribution in [1.82, 2.24) is 9.97 Å². The fourth-order valence-corrected chi connectivity index (χ4v) is 3.05. The number of rotatable bonds is 3. The maximum atomic E-state index is 11.3. The zero-order chi connectivity index (χ0) is 13.0. The van der Waals surface area contributed by atoms with E-state index in [1.807, 2.05) is 11.8 Å². The van der Waals surface area contributed by atoms with Crippen molar-refractivity contribution >= 4 is 23.5 Å². The van der Waals surface area contributed by atoms with Crippen molar-refractivity contribution in [3.05, 3.63) is 18.1 Å². The van der Waals surface area contributed by atoms with Gasteiger partial charge in [-0.3, -0.25) is 0 Å². The van der Waals surface area contributed by atoms with Crippen LogP contribution in [0.5, 0.6) is 0 Å². The Hall–Kier alpha value is -1.30. The summed E-state index contributed by atoms with van der Waals surface area (Å²) < 4.78 is 4.60. The molecule has 0 spiro atoms. The van der Waals surface area contributed by atoms with Crippen LogP contribution in [0.15, 0.2) is 12.4 Å². The Labute approximate surface area is 111 Å². The van der Waals surface area contributed by atoms with E-state index in [-0.39, 0.29) is 5.69 Å². The van der Waals surface area contributed by atoms with Gasteiger partial charge in [0.15, 0.2) is 5.69 Å². The summed E-state index contributed by atoms with van der Waals surface area (Å²) in [5.74, 6) is 1.50. The smallest absolute Gasteiger partial charge is 0.358 e. The van der Waals surface area contributed by atoms with Crippen LogP contribution in [0.25, 0.3) is 0 Å². The topological polar surface area (TPSA) is 55.3 Å². The summed E-state index contributed by atoms with van der Waals surface area (Å²) in [6, 6.07) is 0. The molecule has 2 heterocycles. The van der Waals surface area contributed by atoms with Gasteiger partial charge in [0.25, 0.3) is 0 Å². The highest BCUT2D eigenvalue weighted by atomic mass is 32.2. The van der Waals surface area contributed by atoms with Crippen LogP contribution in [0, 0.1) is 0 Å². The van der Waals surface area contributed by atoms with Crippen LogP contribution in [0.2, 0.25) is 0 Å². The van der Waals surface area contributed by atoms with Crippen molar-refractivity contribution in [3.63, 3.8) is 0 Å². The van der Waals surface area contributed by atoms with Crippen LogP contribution in [0.3, 0.4) is 0 Å². The summed E-state index contributed by atoms with van der Waals surface area (Å²) in [6.07, 6.45) is 4.29. The van der Waals surface area contributed by atoms with E-state index in [0.29, 0.717) is 5.25 Å². The standard InChI is InChI=1S/C12H17N3O2S/c1-3-9-8-15(4-5-18-9)11-7-13-10(6-14-11)12(16)17-2/h6-7,9H,3-5,8H2,1-2H3. The summed E-state index contributed by atoms with van der Waals surface area (Å²) >= 11 is 2.01. The Morgan fingerprint density at radius 3 is 3.00 bits per heavy atom. The molecule has 1 aliphatic heterocycles. The lowest BCUT2D eigenvalue weighted by Crippen LogP contribution is -2.38. The van der Waals surface area contributed by atoms with Crippen LogP contribution >= 0.6 is 11.8 Å². The first-order valence-corrected chi connectivity index (χ1v) is 7.06. The summed E-state index contributed by atoms with van der Waals surface area (Å²) in [5, 5.41) is 0.654. The first-order valence-electron chi connectivity index (χ1n) is 6.01. The maximum absolute atomic E-state index is 11.3. The van der Waals surface area contributed by atoms with Crippen LogP contribution in [-0.2, 0) is 4.74 Å². The molecule has 0 N–H and O–H groups in total. The molecule has 0 saturated carbocycles. The molecule has 1 aromatic heterocycles. The Morgan fingerprint density at radius 1 is 1.56 bits per heavy atom. The third-order valence-corrected chi connectivity index (χ3v) is 4.32. The number of methoxy groups -OCH3 is 1. The van der Waals surface area contributed by atoms with Gasteiger partial charge in [-0.2, -0.15) is 11.8 Å². The Bertz CT molecular complexity index is 410. The Morgan fingerprint density at radius 2 is 2.39 bits per heavy atom. The average Bonchev–Trinajstić information content (AvgIpc) is 2.46. The number of thioether (sulfide) groups is 1.